The van der Waals surface area contributed by atoms with E-state index >= 15 is 0 Å². The Kier molecular flexibility index (Phi) is 10.1. The first-order valence-corrected chi connectivity index (χ1v) is 15.3. The number of hydrogen-bond acceptors (Lipinski definition) is 9. The van der Waals surface area contributed by atoms with Gasteiger partial charge in [-0.15, -0.1) is 0 Å². The van der Waals surface area contributed by atoms with E-state index in [1.54, 1.807) is 26.5 Å². The minimum atomic E-state index is -0.329. The molecule has 0 bridgehead atoms. The number of benzene rings is 2. The molecular weight excluding hydrogens is 584 g/mol. The molecule has 0 radical (unpaired) electrons. The lowest BCUT2D eigenvalue weighted by Gasteiger charge is -2.26. The smallest absolute Gasteiger partial charge is 0.272 e. The van der Waals surface area contributed by atoms with Crippen LogP contribution < -0.4 is 30.3 Å². The number of anilines is 5. The van der Waals surface area contributed by atoms with Crippen molar-refractivity contribution in [3.8, 4) is 11.5 Å². The largest absolute Gasteiger partial charge is 0.495 e. The zero-order valence-electron chi connectivity index (χ0n) is 27.1. The lowest BCUT2D eigenvalue weighted by molar-refractivity contribution is -0.111. The van der Waals surface area contributed by atoms with E-state index in [1.165, 1.54) is 6.08 Å². The summed E-state index contributed by atoms with van der Waals surface area (Å²) in [4.78, 5) is 39.7. The average Bonchev–Trinajstić information content (AvgIpc) is 3.72. The molecule has 0 spiro atoms. The summed E-state index contributed by atoms with van der Waals surface area (Å²) in [6, 6.07) is 13.0. The highest BCUT2D eigenvalue weighted by atomic mass is 16.5. The summed E-state index contributed by atoms with van der Waals surface area (Å²) in [5.41, 5.74) is 3.70. The van der Waals surface area contributed by atoms with Gasteiger partial charge in [-0.2, -0.15) is 4.98 Å². The summed E-state index contributed by atoms with van der Waals surface area (Å²) in [5.74, 6) is 0.884. The minimum absolute atomic E-state index is 0.130. The molecule has 2 heterocycles. The number of nitrogens with zero attached hydrogens (tertiary/aromatic N) is 5. The first kappa shape index (κ1) is 32.3. The summed E-state index contributed by atoms with van der Waals surface area (Å²) < 4.78 is 13.2. The third-order valence-electron chi connectivity index (χ3n) is 8.15. The van der Waals surface area contributed by atoms with Gasteiger partial charge in [0.05, 0.1) is 37.0 Å². The topological polar surface area (TPSA) is 126 Å². The van der Waals surface area contributed by atoms with Crippen molar-refractivity contribution in [2.45, 2.75) is 31.7 Å². The van der Waals surface area contributed by atoms with Crippen molar-refractivity contribution in [1.82, 2.24) is 19.4 Å². The van der Waals surface area contributed by atoms with Crippen LogP contribution in [0.4, 0.5) is 28.7 Å². The van der Waals surface area contributed by atoms with Crippen molar-refractivity contribution >= 4 is 51.5 Å². The Morgan fingerprint density at radius 1 is 0.978 bits per heavy atom. The Balaban J connectivity index is 1.52. The van der Waals surface area contributed by atoms with Gasteiger partial charge in [-0.1, -0.05) is 31.6 Å². The van der Waals surface area contributed by atoms with Crippen LogP contribution in [0.3, 0.4) is 0 Å². The fourth-order valence-corrected chi connectivity index (χ4v) is 5.74. The highest BCUT2D eigenvalue weighted by Gasteiger charge is 2.26. The molecule has 1 fully saturated rings. The number of methoxy groups -OCH3 is 2. The van der Waals surface area contributed by atoms with Crippen LogP contribution in [0.2, 0.25) is 0 Å². The average molecular weight is 627 g/mol. The normalized spacial score (nSPS) is 13.1. The Labute approximate surface area is 269 Å². The molecule has 1 aliphatic carbocycles. The molecule has 4 aromatic rings. The molecule has 0 saturated heterocycles. The second-order valence-corrected chi connectivity index (χ2v) is 11.6. The zero-order chi connectivity index (χ0) is 32.8. The third kappa shape index (κ3) is 7.07. The monoisotopic (exact) mass is 626 g/mol. The number of carbonyl (C=O) groups is 2. The van der Waals surface area contributed by atoms with Gasteiger partial charge >= 0.3 is 0 Å². The van der Waals surface area contributed by atoms with Gasteiger partial charge in [0, 0.05) is 43.8 Å². The molecule has 0 atom stereocenters. The van der Waals surface area contributed by atoms with Crippen LogP contribution in [0.1, 0.15) is 42.2 Å². The van der Waals surface area contributed by atoms with E-state index in [0.717, 1.165) is 49.8 Å². The molecule has 3 N–H and O–H groups in total. The van der Waals surface area contributed by atoms with Crippen LogP contribution in [-0.2, 0) is 4.79 Å². The fraction of sp³-hybridized carbons (Fsp3) is 0.353. The van der Waals surface area contributed by atoms with E-state index < -0.39 is 0 Å². The van der Waals surface area contributed by atoms with Gasteiger partial charge in [0.2, 0.25) is 11.9 Å². The molecule has 2 aromatic carbocycles. The zero-order valence-corrected chi connectivity index (χ0v) is 27.1. The maximum Gasteiger partial charge on any atom is 0.272 e. The van der Waals surface area contributed by atoms with Crippen LogP contribution in [0.25, 0.3) is 11.0 Å². The lowest BCUT2D eigenvalue weighted by Crippen LogP contribution is -2.29. The second-order valence-electron chi connectivity index (χ2n) is 11.6. The molecule has 12 heteroatoms. The van der Waals surface area contributed by atoms with Crippen molar-refractivity contribution in [3.05, 3.63) is 67.0 Å². The molecule has 1 aliphatic rings. The van der Waals surface area contributed by atoms with Crippen LogP contribution in [0.15, 0.2) is 61.3 Å². The van der Waals surface area contributed by atoms with Crippen molar-refractivity contribution in [2.75, 3.05) is 69.3 Å². The quantitative estimate of drug-likeness (QED) is 0.161. The predicted octanol–water partition coefficient (Wildman–Crippen LogP) is 5.68. The van der Waals surface area contributed by atoms with Gasteiger partial charge in [0.15, 0.2) is 0 Å². The number of aromatic nitrogens is 3. The number of ether oxygens (including phenoxy) is 2. The molecule has 2 amide bonds. The number of carbonyl (C=O) groups excluding carboxylic acids is 2. The third-order valence-corrected chi connectivity index (χ3v) is 8.15. The van der Waals surface area contributed by atoms with E-state index in [2.05, 4.69) is 37.3 Å². The molecule has 242 valence electrons. The highest BCUT2D eigenvalue weighted by Crippen LogP contribution is 2.39. The van der Waals surface area contributed by atoms with E-state index in [4.69, 9.17) is 14.5 Å². The van der Waals surface area contributed by atoms with Gasteiger partial charge in [-0.25, -0.2) is 4.98 Å². The molecule has 2 aromatic heterocycles. The fourth-order valence-electron chi connectivity index (χ4n) is 5.74. The van der Waals surface area contributed by atoms with Crippen molar-refractivity contribution in [2.24, 2.45) is 0 Å². The summed E-state index contributed by atoms with van der Waals surface area (Å²) in [6.45, 7) is 5.15. The van der Waals surface area contributed by atoms with E-state index in [-0.39, 0.29) is 17.9 Å². The van der Waals surface area contributed by atoms with Gasteiger partial charge < -0.3 is 39.8 Å². The number of likely N-dealkylation sites (N-methyl/N-ethyl adjacent to an activating group) is 2. The molecule has 5 rings (SSSR count). The Hall–Kier alpha value is -5.10. The first-order valence-electron chi connectivity index (χ1n) is 15.3. The van der Waals surface area contributed by atoms with Gasteiger partial charge in [0.25, 0.3) is 5.91 Å². The van der Waals surface area contributed by atoms with Crippen molar-refractivity contribution in [3.63, 3.8) is 0 Å². The number of rotatable bonds is 13. The summed E-state index contributed by atoms with van der Waals surface area (Å²) >= 11 is 0. The minimum Gasteiger partial charge on any atom is -0.495 e. The molecule has 0 unspecified atom stereocenters. The van der Waals surface area contributed by atoms with Gasteiger partial charge in [-0.3, -0.25) is 9.59 Å². The molecule has 0 aliphatic heterocycles. The number of fused-ring (bicyclic) bond motifs is 1. The SMILES string of the molecule is C=CC(=O)Nc1cc(Nc2ncc3cc(C(=O)Nc4ccccc4OC)n(C4CCCC4)c3n2)c(OC)cc1N(C)CCN(C)C. The molecule has 12 nitrogen and oxygen atoms in total. The number of nitrogens with one attached hydrogen (secondary N) is 3. The lowest BCUT2D eigenvalue weighted by atomic mass is 10.2. The Morgan fingerprint density at radius 2 is 1.72 bits per heavy atom. The molecule has 46 heavy (non-hydrogen) atoms. The number of amides is 2. The van der Waals surface area contributed by atoms with Gasteiger partial charge in [-0.05, 0) is 57.3 Å². The van der Waals surface area contributed by atoms with E-state index in [0.29, 0.717) is 45.9 Å². The van der Waals surface area contributed by atoms with Crippen LogP contribution >= 0.6 is 0 Å². The van der Waals surface area contributed by atoms with E-state index in [1.807, 2.05) is 62.1 Å². The van der Waals surface area contributed by atoms with Crippen molar-refractivity contribution < 1.29 is 19.1 Å². The Morgan fingerprint density at radius 3 is 2.41 bits per heavy atom. The maximum absolute atomic E-state index is 13.7. The standard InChI is InChI=1S/C34H42N8O4/c1-7-31(43)36-25-19-26(30(46-6)20-27(25)41(4)17-16-40(2)3)38-34-35-21-22-18-28(42(32(22)39-34)23-12-8-9-13-23)33(44)37-24-14-10-11-15-29(24)45-5/h7,10-11,14-15,18-21,23H,1,8-9,12-13,16-17H2,2-6H3,(H,36,43)(H,37,44)(H,35,38,39). The van der Waals surface area contributed by atoms with Gasteiger partial charge in [0.1, 0.15) is 22.8 Å². The summed E-state index contributed by atoms with van der Waals surface area (Å²) in [5, 5.41) is 9.98. The van der Waals surface area contributed by atoms with Crippen LogP contribution in [0.5, 0.6) is 11.5 Å². The number of hydrogen-bond donors (Lipinski definition) is 3. The van der Waals surface area contributed by atoms with Crippen LogP contribution in [0, 0.1) is 0 Å². The van der Waals surface area contributed by atoms with Crippen molar-refractivity contribution in [1.29, 1.82) is 0 Å². The van der Waals surface area contributed by atoms with Crippen LogP contribution in [-0.4, -0.2) is 79.7 Å². The molecular formula is C34H42N8O4. The first-order chi connectivity index (χ1) is 22.2. The maximum atomic E-state index is 13.7. The highest BCUT2D eigenvalue weighted by molar-refractivity contribution is 6.07. The summed E-state index contributed by atoms with van der Waals surface area (Å²) in [6.07, 6.45) is 7.02. The second kappa shape index (κ2) is 14.3. The van der Waals surface area contributed by atoms with E-state index in [9.17, 15) is 9.59 Å². The predicted molar refractivity (Wildman–Crippen MR) is 183 cm³/mol. The Bertz CT molecular complexity index is 1730. The molecule has 1 saturated carbocycles. The summed E-state index contributed by atoms with van der Waals surface area (Å²) in [7, 11) is 9.15. The number of para-hydroxylation sites is 2.